The van der Waals surface area contributed by atoms with E-state index in [0.717, 1.165) is 29.9 Å². The molecule has 1 amide bonds. The van der Waals surface area contributed by atoms with E-state index in [2.05, 4.69) is 30.7 Å². The van der Waals surface area contributed by atoms with Gasteiger partial charge in [-0.3, -0.25) is 9.78 Å². The van der Waals surface area contributed by atoms with Crippen molar-refractivity contribution < 1.29 is 19.1 Å². The lowest BCUT2D eigenvalue weighted by atomic mass is 10.0. The Morgan fingerprint density at radius 3 is 2.36 bits per heavy atom. The minimum Gasteiger partial charge on any atom is -0.465 e. The number of carbonyl (C=O) groups excluding carboxylic acids is 2. The van der Waals surface area contributed by atoms with Gasteiger partial charge in [0.2, 0.25) is 5.91 Å². The van der Waals surface area contributed by atoms with Gasteiger partial charge in [0.05, 0.1) is 25.3 Å². The number of halogens is 1. The Hall–Kier alpha value is -2.09. The molecular weight excluding hydrogens is 496 g/mol. The average molecular weight is 533 g/mol. The van der Waals surface area contributed by atoms with E-state index in [0.29, 0.717) is 36.0 Å². The van der Waals surface area contributed by atoms with Gasteiger partial charge in [0.1, 0.15) is 0 Å². The van der Waals surface area contributed by atoms with E-state index in [-0.39, 0.29) is 22.7 Å². The van der Waals surface area contributed by atoms with Crippen molar-refractivity contribution in [3.05, 3.63) is 64.4 Å². The minimum atomic E-state index is -0.426. The van der Waals surface area contributed by atoms with Crippen molar-refractivity contribution in [2.24, 2.45) is 5.92 Å². The number of hydrogen-bond donors (Lipinski definition) is 0. The summed E-state index contributed by atoms with van der Waals surface area (Å²) in [6.45, 7) is 7.04. The van der Waals surface area contributed by atoms with Gasteiger partial charge < -0.3 is 14.4 Å². The number of esters is 1. The molecule has 1 fully saturated rings. The van der Waals surface area contributed by atoms with Gasteiger partial charge in [-0.25, -0.2) is 4.79 Å². The highest BCUT2D eigenvalue weighted by Gasteiger charge is 2.41. The Balaban J connectivity index is 1.86. The molecule has 36 heavy (non-hydrogen) atoms. The van der Waals surface area contributed by atoms with E-state index >= 15 is 0 Å². The molecule has 1 unspecified atom stereocenters. The number of carbonyl (C=O) groups is 2. The van der Waals surface area contributed by atoms with Crippen LogP contribution in [-0.2, 0) is 20.7 Å². The monoisotopic (exact) mass is 532 g/mol. The number of amides is 1. The summed E-state index contributed by atoms with van der Waals surface area (Å²) in [5.74, 6) is 1.02. The number of rotatable bonds is 12. The smallest absolute Gasteiger partial charge is 0.339 e. The van der Waals surface area contributed by atoms with Crippen molar-refractivity contribution >= 4 is 35.2 Å². The SMILES string of the molecule is COC[C@@H](c1ccc(Cl)cc1)N(C(=O)CCc1ccc(C(=O)OC)cn1)C(CSC(C)(C)C)C1CC1. The highest BCUT2D eigenvalue weighted by atomic mass is 35.5. The molecule has 0 radical (unpaired) electrons. The van der Waals surface area contributed by atoms with Crippen LogP contribution in [0.3, 0.4) is 0 Å². The van der Waals surface area contributed by atoms with Gasteiger partial charge in [-0.05, 0) is 55.0 Å². The summed E-state index contributed by atoms with van der Waals surface area (Å²) >= 11 is 8.06. The zero-order valence-electron chi connectivity index (χ0n) is 21.8. The van der Waals surface area contributed by atoms with Crippen LogP contribution in [0.5, 0.6) is 0 Å². The first-order valence-electron chi connectivity index (χ1n) is 12.4. The van der Waals surface area contributed by atoms with Crippen LogP contribution in [0, 0.1) is 5.92 Å². The first kappa shape index (κ1) is 28.5. The second-order valence-corrected chi connectivity index (χ2v) is 12.5. The molecule has 196 valence electrons. The topological polar surface area (TPSA) is 68.7 Å². The lowest BCUT2D eigenvalue weighted by Gasteiger charge is -2.39. The number of hydrogen-bond acceptors (Lipinski definition) is 6. The number of benzene rings is 1. The minimum absolute atomic E-state index is 0.0808. The molecule has 1 aliphatic rings. The molecule has 1 aliphatic carbocycles. The zero-order valence-corrected chi connectivity index (χ0v) is 23.4. The van der Waals surface area contributed by atoms with Crippen LogP contribution in [0.15, 0.2) is 42.6 Å². The van der Waals surface area contributed by atoms with Gasteiger partial charge in [0, 0.05) is 47.0 Å². The molecule has 1 saturated carbocycles. The van der Waals surface area contributed by atoms with Crippen LogP contribution in [0.25, 0.3) is 0 Å². The van der Waals surface area contributed by atoms with E-state index in [1.54, 1.807) is 19.2 Å². The fourth-order valence-electron chi connectivity index (χ4n) is 4.20. The normalized spacial score (nSPS) is 15.3. The summed E-state index contributed by atoms with van der Waals surface area (Å²) in [5, 5.41) is 0.663. The summed E-state index contributed by atoms with van der Waals surface area (Å²) < 4.78 is 10.5. The standard InChI is InChI=1S/C28H37ClN2O4S/c1-28(2,3)36-18-25(20-6-7-20)31(24(17-34-4)19-8-11-22(29)12-9-19)26(32)15-14-23-13-10-21(16-30-23)27(33)35-5/h8-13,16,20,24-25H,6-7,14-15,17-18H2,1-5H3/t24-,25?/m0/s1. The third-order valence-corrected chi connectivity index (χ3v) is 7.88. The fraction of sp³-hybridized carbons (Fsp3) is 0.536. The molecule has 3 rings (SSSR count). The van der Waals surface area contributed by atoms with Crippen molar-refractivity contribution in [1.82, 2.24) is 9.88 Å². The van der Waals surface area contributed by atoms with Crippen LogP contribution >= 0.6 is 23.4 Å². The highest BCUT2D eigenvalue weighted by Crippen LogP contribution is 2.42. The third-order valence-electron chi connectivity index (χ3n) is 6.25. The van der Waals surface area contributed by atoms with Crippen LogP contribution in [0.4, 0.5) is 0 Å². The van der Waals surface area contributed by atoms with E-state index in [1.165, 1.54) is 13.3 Å². The molecule has 0 aliphatic heterocycles. The van der Waals surface area contributed by atoms with Gasteiger partial charge in [-0.15, -0.1) is 0 Å². The Morgan fingerprint density at radius 1 is 1.14 bits per heavy atom. The maximum atomic E-state index is 13.9. The lowest BCUT2D eigenvalue weighted by Crippen LogP contribution is -2.47. The molecule has 6 nitrogen and oxygen atoms in total. The van der Waals surface area contributed by atoms with Gasteiger partial charge in [0.15, 0.2) is 0 Å². The second kappa shape index (κ2) is 12.9. The summed E-state index contributed by atoms with van der Waals surface area (Å²) in [7, 11) is 3.02. The predicted molar refractivity (Wildman–Crippen MR) is 146 cm³/mol. The maximum Gasteiger partial charge on any atom is 0.339 e. The summed E-state index contributed by atoms with van der Waals surface area (Å²) in [4.78, 5) is 32.1. The molecule has 0 bridgehead atoms. The number of methoxy groups -OCH3 is 2. The van der Waals surface area contributed by atoms with Crippen molar-refractivity contribution in [3.8, 4) is 0 Å². The number of nitrogens with zero attached hydrogens (tertiary/aromatic N) is 2. The van der Waals surface area contributed by atoms with Gasteiger partial charge >= 0.3 is 5.97 Å². The van der Waals surface area contributed by atoms with Crippen LogP contribution < -0.4 is 0 Å². The summed E-state index contributed by atoms with van der Waals surface area (Å²) in [5.41, 5.74) is 2.17. The average Bonchev–Trinajstić information content (AvgIpc) is 3.69. The molecule has 0 N–H and O–H groups in total. The van der Waals surface area contributed by atoms with Gasteiger partial charge in [0.25, 0.3) is 0 Å². The predicted octanol–water partition coefficient (Wildman–Crippen LogP) is 5.98. The number of thioether (sulfide) groups is 1. The molecule has 1 aromatic heterocycles. The molecule has 8 heteroatoms. The quantitative estimate of drug-likeness (QED) is 0.313. The molecular formula is C28H37ClN2O4S. The zero-order chi connectivity index (χ0) is 26.3. The lowest BCUT2D eigenvalue weighted by molar-refractivity contribution is -0.138. The maximum absolute atomic E-state index is 13.9. The van der Waals surface area contributed by atoms with E-state index in [1.807, 2.05) is 36.0 Å². The van der Waals surface area contributed by atoms with Gasteiger partial charge in [-0.1, -0.05) is 44.5 Å². The molecule has 1 aromatic carbocycles. The molecule has 0 spiro atoms. The summed E-state index contributed by atoms with van der Waals surface area (Å²) in [6.07, 6.45) is 4.58. The van der Waals surface area contributed by atoms with Gasteiger partial charge in [-0.2, -0.15) is 11.8 Å². The molecule has 1 heterocycles. The van der Waals surface area contributed by atoms with E-state index in [9.17, 15) is 9.59 Å². The van der Waals surface area contributed by atoms with E-state index < -0.39 is 5.97 Å². The number of ether oxygens (including phenoxy) is 2. The van der Waals surface area contributed by atoms with E-state index in [4.69, 9.17) is 21.1 Å². The third kappa shape index (κ3) is 8.22. The first-order chi connectivity index (χ1) is 17.1. The van der Waals surface area contributed by atoms with Crippen LogP contribution in [0.1, 0.15) is 67.7 Å². The highest BCUT2D eigenvalue weighted by molar-refractivity contribution is 8.00. The molecule has 2 atom stereocenters. The fourth-order valence-corrected chi connectivity index (χ4v) is 5.43. The number of aromatic nitrogens is 1. The van der Waals surface area contributed by atoms with Crippen LogP contribution in [-0.4, -0.2) is 59.1 Å². The Kier molecular flexibility index (Phi) is 10.2. The summed E-state index contributed by atoms with van der Waals surface area (Å²) in [6, 6.07) is 11.1. The first-order valence-corrected chi connectivity index (χ1v) is 13.7. The second-order valence-electron chi connectivity index (χ2n) is 10.2. The number of pyridine rings is 1. The van der Waals surface area contributed by atoms with Crippen molar-refractivity contribution in [2.45, 2.75) is 63.3 Å². The van der Waals surface area contributed by atoms with Crippen LogP contribution in [0.2, 0.25) is 5.02 Å². The largest absolute Gasteiger partial charge is 0.465 e. The molecule has 2 aromatic rings. The van der Waals surface area contributed by atoms with Crippen molar-refractivity contribution in [2.75, 3.05) is 26.6 Å². The Bertz CT molecular complexity index is 1000. The Labute approximate surface area is 224 Å². The van der Waals surface area contributed by atoms with Crippen molar-refractivity contribution in [3.63, 3.8) is 0 Å². The Morgan fingerprint density at radius 2 is 1.83 bits per heavy atom. The van der Waals surface area contributed by atoms with Crippen molar-refractivity contribution in [1.29, 1.82) is 0 Å². The molecule has 0 saturated heterocycles. The number of aryl methyl sites for hydroxylation is 1.